The van der Waals surface area contributed by atoms with Gasteiger partial charge in [-0.25, -0.2) is 0 Å². The molecule has 5 N–H and O–H groups in total. The van der Waals surface area contributed by atoms with Crippen molar-refractivity contribution in [1.82, 2.24) is 0 Å². The first-order valence-corrected chi connectivity index (χ1v) is 11.2. The molecule has 1 aromatic rings. The number of ketones is 2. The number of amides is 1. The third-order valence-electron chi connectivity index (χ3n) is 6.35. The Kier molecular flexibility index (Phi) is 9.65. The Bertz CT molecular complexity index is 791. The SMILES string of the molecule is CCCCCc1ccc(O)c2c1CC(CC(CCO)C(CO)C(=O)CC(N)=O)CC2=O. The molecule has 3 atom stereocenters. The van der Waals surface area contributed by atoms with Crippen LogP contribution in [0.3, 0.4) is 0 Å². The first-order valence-electron chi connectivity index (χ1n) is 11.2. The summed E-state index contributed by atoms with van der Waals surface area (Å²) >= 11 is 0. The van der Waals surface area contributed by atoms with E-state index in [0.717, 1.165) is 36.8 Å². The standard InChI is InChI=1S/C24H35NO6/c1-2-3-4-5-16-6-7-20(28)24-18(16)11-15(12-22(24)30)10-17(8-9-26)19(14-27)21(29)13-23(25)31/h6-7,15,17,19,26-28H,2-5,8-14H2,1H3,(H2,25,31). The van der Waals surface area contributed by atoms with Crippen molar-refractivity contribution < 1.29 is 29.7 Å². The van der Waals surface area contributed by atoms with E-state index in [1.165, 1.54) is 0 Å². The quantitative estimate of drug-likeness (QED) is 0.278. The van der Waals surface area contributed by atoms with Gasteiger partial charge < -0.3 is 21.1 Å². The highest BCUT2D eigenvalue weighted by molar-refractivity contribution is 6.01. The van der Waals surface area contributed by atoms with Gasteiger partial charge in [0, 0.05) is 18.9 Å². The first-order chi connectivity index (χ1) is 14.8. The minimum atomic E-state index is -0.802. The molecule has 1 aromatic carbocycles. The second-order valence-corrected chi connectivity index (χ2v) is 8.66. The largest absolute Gasteiger partial charge is 0.507 e. The predicted molar refractivity (Wildman–Crippen MR) is 117 cm³/mol. The van der Waals surface area contributed by atoms with Gasteiger partial charge >= 0.3 is 0 Å². The van der Waals surface area contributed by atoms with Crippen molar-refractivity contribution in [2.24, 2.45) is 23.5 Å². The Labute approximate surface area is 183 Å². The summed E-state index contributed by atoms with van der Waals surface area (Å²) in [5, 5.41) is 29.6. The van der Waals surface area contributed by atoms with Crippen molar-refractivity contribution in [3.8, 4) is 5.75 Å². The highest BCUT2D eigenvalue weighted by Crippen LogP contribution is 2.38. The smallest absolute Gasteiger partial charge is 0.224 e. The molecule has 1 amide bonds. The summed E-state index contributed by atoms with van der Waals surface area (Å²) in [4.78, 5) is 36.4. The molecule has 0 heterocycles. The van der Waals surface area contributed by atoms with E-state index in [0.29, 0.717) is 18.4 Å². The molecule has 0 bridgehead atoms. The number of aliphatic hydroxyl groups excluding tert-OH is 2. The van der Waals surface area contributed by atoms with E-state index in [1.54, 1.807) is 6.07 Å². The van der Waals surface area contributed by atoms with Crippen molar-refractivity contribution in [1.29, 1.82) is 0 Å². The van der Waals surface area contributed by atoms with E-state index in [2.05, 4.69) is 6.92 Å². The molecule has 0 saturated carbocycles. The van der Waals surface area contributed by atoms with E-state index in [1.807, 2.05) is 6.07 Å². The van der Waals surface area contributed by atoms with Gasteiger partial charge in [-0.2, -0.15) is 0 Å². The number of phenols is 1. The number of hydrogen-bond acceptors (Lipinski definition) is 6. The predicted octanol–water partition coefficient (Wildman–Crippen LogP) is 2.31. The molecule has 0 spiro atoms. The Hall–Kier alpha value is -2.25. The second kappa shape index (κ2) is 12.0. The molecule has 3 unspecified atom stereocenters. The van der Waals surface area contributed by atoms with Crippen LogP contribution in [0.2, 0.25) is 0 Å². The molecule has 0 aliphatic heterocycles. The van der Waals surface area contributed by atoms with E-state index in [-0.39, 0.29) is 42.8 Å². The number of aliphatic hydroxyl groups is 2. The van der Waals surface area contributed by atoms with Gasteiger partial charge in [-0.05, 0) is 61.1 Å². The zero-order chi connectivity index (χ0) is 23.0. The normalized spacial score (nSPS) is 17.8. The Morgan fingerprint density at radius 2 is 1.94 bits per heavy atom. The van der Waals surface area contributed by atoms with Crippen LogP contribution in [0.25, 0.3) is 0 Å². The number of carbonyl (C=O) groups is 3. The van der Waals surface area contributed by atoms with E-state index < -0.39 is 30.6 Å². The monoisotopic (exact) mass is 433 g/mol. The van der Waals surface area contributed by atoms with Gasteiger partial charge in [0.25, 0.3) is 0 Å². The fourth-order valence-corrected chi connectivity index (χ4v) is 4.81. The molecular formula is C24H35NO6. The van der Waals surface area contributed by atoms with Crippen LogP contribution >= 0.6 is 0 Å². The molecule has 0 radical (unpaired) electrons. The van der Waals surface area contributed by atoms with Crippen LogP contribution < -0.4 is 5.73 Å². The van der Waals surface area contributed by atoms with E-state index >= 15 is 0 Å². The topological polar surface area (TPSA) is 138 Å². The first kappa shape index (κ1) is 25.0. The van der Waals surface area contributed by atoms with E-state index in [9.17, 15) is 29.7 Å². The third-order valence-corrected chi connectivity index (χ3v) is 6.35. The van der Waals surface area contributed by atoms with Gasteiger partial charge in [-0.15, -0.1) is 0 Å². The molecule has 1 aliphatic rings. The van der Waals surface area contributed by atoms with Crippen LogP contribution in [-0.2, 0) is 22.4 Å². The lowest BCUT2D eigenvalue weighted by Crippen LogP contribution is -2.33. The molecule has 0 fully saturated rings. The van der Waals surface area contributed by atoms with Gasteiger partial charge in [-0.3, -0.25) is 14.4 Å². The molecule has 31 heavy (non-hydrogen) atoms. The maximum atomic E-state index is 12.9. The van der Waals surface area contributed by atoms with Crippen molar-refractivity contribution in [3.05, 3.63) is 28.8 Å². The van der Waals surface area contributed by atoms with E-state index in [4.69, 9.17) is 5.73 Å². The summed E-state index contributed by atoms with van der Waals surface area (Å²) in [6.07, 6.45) is 5.17. The number of carbonyl (C=O) groups excluding carboxylic acids is 3. The van der Waals surface area contributed by atoms with Crippen molar-refractivity contribution >= 4 is 17.5 Å². The number of hydrogen-bond donors (Lipinski definition) is 4. The molecular weight excluding hydrogens is 398 g/mol. The average Bonchev–Trinajstić information content (AvgIpc) is 2.69. The molecule has 172 valence electrons. The fourth-order valence-electron chi connectivity index (χ4n) is 4.81. The van der Waals surface area contributed by atoms with Gasteiger partial charge in [0.1, 0.15) is 11.5 Å². The number of Topliss-reactive ketones (excluding diaryl/α,β-unsaturated/α-hetero) is 2. The van der Waals surface area contributed by atoms with Crippen LogP contribution in [0.1, 0.15) is 73.4 Å². The number of rotatable bonds is 13. The van der Waals surface area contributed by atoms with Gasteiger partial charge in [-0.1, -0.05) is 25.8 Å². The number of nitrogens with two attached hydrogens (primary N) is 1. The van der Waals surface area contributed by atoms with Crippen molar-refractivity contribution in [2.45, 2.75) is 64.7 Å². The summed E-state index contributed by atoms with van der Waals surface area (Å²) in [6, 6.07) is 3.48. The second-order valence-electron chi connectivity index (χ2n) is 8.66. The highest BCUT2D eigenvalue weighted by atomic mass is 16.3. The number of benzene rings is 1. The summed E-state index contributed by atoms with van der Waals surface area (Å²) in [6.45, 7) is 1.53. The van der Waals surface area contributed by atoms with Gasteiger partial charge in [0.2, 0.25) is 5.91 Å². The van der Waals surface area contributed by atoms with Crippen molar-refractivity contribution in [2.75, 3.05) is 13.2 Å². The summed E-state index contributed by atoms with van der Waals surface area (Å²) in [7, 11) is 0. The molecule has 7 heteroatoms. The Morgan fingerprint density at radius 1 is 1.19 bits per heavy atom. The van der Waals surface area contributed by atoms with Gasteiger partial charge in [0.05, 0.1) is 18.6 Å². The zero-order valence-corrected chi connectivity index (χ0v) is 18.3. The lowest BCUT2D eigenvalue weighted by molar-refractivity contribution is -0.131. The van der Waals surface area contributed by atoms with Crippen molar-refractivity contribution in [3.63, 3.8) is 0 Å². The third kappa shape index (κ3) is 6.61. The number of aromatic hydroxyl groups is 1. The maximum absolute atomic E-state index is 12.9. The summed E-state index contributed by atoms with van der Waals surface area (Å²) in [5.41, 5.74) is 7.50. The highest BCUT2D eigenvalue weighted by Gasteiger charge is 2.34. The summed E-state index contributed by atoms with van der Waals surface area (Å²) < 4.78 is 0. The van der Waals surface area contributed by atoms with Crippen LogP contribution in [0.4, 0.5) is 0 Å². The Morgan fingerprint density at radius 3 is 2.55 bits per heavy atom. The molecule has 2 rings (SSSR count). The minimum Gasteiger partial charge on any atom is -0.507 e. The number of fused-ring (bicyclic) bond motifs is 1. The molecule has 7 nitrogen and oxygen atoms in total. The number of phenolic OH excluding ortho intramolecular Hbond substituents is 1. The lowest BCUT2D eigenvalue weighted by atomic mass is 9.72. The zero-order valence-electron chi connectivity index (χ0n) is 18.3. The average molecular weight is 434 g/mol. The molecule has 1 aliphatic carbocycles. The number of aryl methyl sites for hydroxylation is 1. The number of primary amides is 1. The number of unbranched alkanes of at least 4 members (excludes halogenated alkanes) is 2. The van der Waals surface area contributed by atoms with Crippen LogP contribution in [0.15, 0.2) is 12.1 Å². The fraction of sp³-hybridized carbons (Fsp3) is 0.625. The Balaban J connectivity index is 2.24. The van der Waals surface area contributed by atoms with Gasteiger partial charge in [0.15, 0.2) is 5.78 Å². The summed E-state index contributed by atoms with van der Waals surface area (Å²) in [5.74, 6) is -2.53. The van der Waals surface area contributed by atoms with Crippen LogP contribution in [-0.4, -0.2) is 46.0 Å². The van der Waals surface area contributed by atoms with Crippen LogP contribution in [0.5, 0.6) is 5.75 Å². The maximum Gasteiger partial charge on any atom is 0.224 e. The minimum absolute atomic E-state index is 0.00877. The van der Waals surface area contributed by atoms with Crippen LogP contribution in [0, 0.1) is 17.8 Å². The lowest BCUT2D eigenvalue weighted by Gasteiger charge is -2.31. The molecule has 0 aromatic heterocycles. The molecule has 0 saturated heterocycles.